The monoisotopic (exact) mass is 369 g/mol. The summed E-state index contributed by atoms with van der Waals surface area (Å²) in [5, 5.41) is 1.06. The van der Waals surface area contributed by atoms with Crippen molar-refractivity contribution in [2.24, 2.45) is 0 Å². The highest BCUT2D eigenvalue weighted by atomic mass is 16.5. The molecule has 0 bridgehead atoms. The van der Waals surface area contributed by atoms with Crippen molar-refractivity contribution >= 4 is 16.8 Å². The fraction of sp³-hybridized carbons (Fsp3) is 0.524. The van der Waals surface area contributed by atoms with Crippen molar-refractivity contribution in [2.75, 3.05) is 52.6 Å². The summed E-state index contributed by atoms with van der Waals surface area (Å²) in [4.78, 5) is 22.4. The Morgan fingerprint density at radius 1 is 1.04 bits per heavy atom. The van der Waals surface area contributed by atoms with Crippen molar-refractivity contribution in [3.05, 3.63) is 42.1 Å². The smallest absolute Gasteiger partial charge is 0.272 e. The summed E-state index contributed by atoms with van der Waals surface area (Å²) in [5.41, 5.74) is 1.39. The first-order chi connectivity index (χ1) is 13.3. The molecule has 0 atom stereocenters. The molecular weight excluding hydrogens is 342 g/mol. The van der Waals surface area contributed by atoms with Crippen molar-refractivity contribution < 1.29 is 14.3 Å². The van der Waals surface area contributed by atoms with Gasteiger partial charge in [-0.1, -0.05) is 24.3 Å². The highest BCUT2D eigenvalue weighted by Crippen LogP contribution is 2.19. The Morgan fingerprint density at radius 2 is 1.78 bits per heavy atom. The Bertz CT molecular complexity index is 770. The molecule has 6 heteroatoms. The summed E-state index contributed by atoms with van der Waals surface area (Å²) in [6, 6.07) is 12.0. The highest BCUT2D eigenvalue weighted by molar-refractivity contribution is 5.95. The van der Waals surface area contributed by atoms with E-state index in [1.54, 1.807) is 0 Å². The van der Waals surface area contributed by atoms with E-state index < -0.39 is 0 Å². The van der Waals surface area contributed by atoms with Crippen molar-refractivity contribution in [1.29, 1.82) is 0 Å². The van der Waals surface area contributed by atoms with Crippen molar-refractivity contribution in [3.8, 4) is 0 Å². The van der Waals surface area contributed by atoms with Crippen LogP contribution in [0.1, 0.15) is 23.3 Å². The molecule has 4 rings (SSSR count). The maximum Gasteiger partial charge on any atom is 0.272 e. The van der Waals surface area contributed by atoms with E-state index in [0.29, 0.717) is 5.69 Å². The normalized spacial score (nSPS) is 19.3. The average molecular weight is 369 g/mol. The molecule has 2 fully saturated rings. The molecule has 0 spiro atoms. The summed E-state index contributed by atoms with van der Waals surface area (Å²) in [5.74, 6) is 0.0286. The van der Waals surface area contributed by atoms with Crippen LogP contribution in [0, 0.1) is 0 Å². The second-order valence-corrected chi connectivity index (χ2v) is 7.19. The number of para-hydroxylation sites is 1. The predicted octanol–water partition coefficient (Wildman–Crippen LogP) is 2.19. The maximum absolute atomic E-state index is 13.3. The van der Waals surface area contributed by atoms with Crippen LogP contribution in [0.25, 0.3) is 10.9 Å². The minimum Gasteiger partial charge on any atom is -0.381 e. The number of fused-ring (bicyclic) bond motifs is 1. The zero-order valence-corrected chi connectivity index (χ0v) is 15.7. The summed E-state index contributed by atoms with van der Waals surface area (Å²) in [6.45, 7) is 6.45. The van der Waals surface area contributed by atoms with Gasteiger partial charge in [-0.05, 0) is 25.0 Å². The number of amides is 1. The summed E-state index contributed by atoms with van der Waals surface area (Å²) < 4.78 is 10.9. The Balaban J connectivity index is 1.52. The maximum atomic E-state index is 13.3. The van der Waals surface area contributed by atoms with Crippen LogP contribution >= 0.6 is 0 Å². The molecule has 0 N–H and O–H groups in total. The average Bonchev–Trinajstić information content (AvgIpc) is 2.75. The Hall–Kier alpha value is -2.02. The zero-order valence-electron chi connectivity index (χ0n) is 15.7. The highest BCUT2D eigenvalue weighted by Gasteiger charge is 2.28. The van der Waals surface area contributed by atoms with Gasteiger partial charge < -0.3 is 14.4 Å². The number of hydrogen-bond acceptors (Lipinski definition) is 5. The topological polar surface area (TPSA) is 54.9 Å². The number of nitrogens with zero attached hydrogens (tertiary/aromatic N) is 3. The number of benzene rings is 1. The molecule has 27 heavy (non-hydrogen) atoms. The first-order valence-electron chi connectivity index (χ1n) is 9.86. The summed E-state index contributed by atoms with van der Waals surface area (Å²) >= 11 is 0. The second kappa shape index (κ2) is 8.78. The first kappa shape index (κ1) is 18.3. The van der Waals surface area contributed by atoms with E-state index in [2.05, 4.69) is 9.88 Å². The number of morpholine rings is 1. The molecule has 0 radical (unpaired) electrons. The quantitative estimate of drug-likeness (QED) is 0.809. The lowest BCUT2D eigenvalue weighted by atomic mass is 10.1. The largest absolute Gasteiger partial charge is 0.381 e. The Morgan fingerprint density at radius 3 is 2.59 bits per heavy atom. The molecule has 144 valence electrons. The van der Waals surface area contributed by atoms with Crippen LogP contribution in [-0.2, 0) is 9.47 Å². The molecule has 2 aliphatic rings. The zero-order chi connectivity index (χ0) is 18.5. The van der Waals surface area contributed by atoms with Crippen LogP contribution in [-0.4, -0.2) is 79.3 Å². The minimum absolute atomic E-state index is 0.0286. The molecular formula is C21H27N3O3. The number of carbonyl (C=O) groups is 1. The van der Waals surface area contributed by atoms with Gasteiger partial charge in [0.2, 0.25) is 0 Å². The van der Waals surface area contributed by atoms with E-state index in [4.69, 9.17) is 9.47 Å². The number of aromatic nitrogens is 1. The molecule has 3 heterocycles. The van der Waals surface area contributed by atoms with Gasteiger partial charge in [-0.15, -0.1) is 0 Å². The fourth-order valence-corrected chi connectivity index (χ4v) is 3.85. The van der Waals surface area contributed by atoms with Gasteiger partial charge in [-0.2, -0.15) is 0 Å². The summed E-state index contributed by atoms with van der Waals surface area (Å²) in [7, 11) is 0. The molecule has 6 nitrogen and oxygen atoms in total. The van der Waals surface area contributed by atoms with E-state index >= 15 is 0 Å². The fourth-order valence-electron chi connectivity index (χ4n) is 3.85. The van der Waals surface area contributed by atoms with Crippen LogP contribution in [0.15, 0.2) is 36.4 Å². The van der Waals surface area contributed by atoms with Gasteiger partial charge in [0.05, 0.1) is 18.7 Å². The molecule has 1 amide bonds. The van der Waals surface area contributed by atoms with Crippen LogP contribution in [0.3, 0.4) is 0 Å². The van der Waals surface area contributed by atoms with E-state index in [0.717, 1.165) is 76.4 Å². The second-order valence-electron chi connectivity index (χ2n) is 7.19. The van der Waals surface area contributed by atoms with Crippen molar-refractivity contribution in [2.45, 2.75) is 18.9 Å². The number of rotatable bonds is 5. The third kappa shape index (κ3) is 4.46. The number of ether oxygens (including phenoxy) is 2. The lowest BCUT2D eigenvalue weighted by molar-refractivity contribution is 0.0139. The molecule has 0 saturated carbocycles. The van der Waals surface area contributed by atoms with Crippen molar-refractivity contribution in [3.63, 3.8) is 0 Å². The lowest BCUT2D eigenvalue weighted by Crippen LogP contribution is -2.48. The van der Waals surface area contributed by atoms with Gasteiger partial charge in [-0.3, -0.25) is 9.69 Å². The Labute approximate surface area is 160 Å². The molecule has 0 aliphatic carbocycles. The molecule has 2 aliphatic heterocycles. The third-order valence-corrected chi connectivity index (χ3v) is 5.47. The van der Waals surface area contributed by atoms with Gasteiger partial charge in [0.15, 0.2) is 0 Å². The van der Waals surface area contributed by atoms with E-state index in [1.807, 2.05) is 41.3 Å². The standard InChI is InChI=1S/C21H27N3O3/c25-21(20-6-5-17-3-1-2-4-19(17)22-20)24(18-7-13-26-14-8-18)10-9-23-11-15-27-16-12-23/h1-6,18H,7-16H2. The molecule has 1 aromatic heterocycles. The predicted molar refractivity (Wildman–Crippen MR) is 104 cm³/mol. The minimum atomic E-state index is 0.0286. The van der Waals surface area contributed by atoms with E-state index in [9.17, 15) is 4.79 Å². The number of pyridine rings is 1. The molecule has 2 saturated heterocycles. The van der Waals surface area contributed by atoms with Crippen LogP contribution in [0.5, 0.6) is 0 Å². The SMILES string of the molecule is O=C(c1ccc2ccccc2n1)N(CCN1CCOCC1)C1CCOCC1. The van der Waals surface area contributed by atoms with Gasteiger partial charge in [0.1, 0.15) is 5.69 Å². The van der Waals surface area contributed by atoms with Gasteiger partial charge in [-0.25, -0.2) is 4.98 Å². The van der Waals surface area contributed by atoms with Crippen LogP contribution in [0.2, 0.25) is 0 Å². The molecule has 2 aromatic rings. The van der Waals surface area contributed by atoms with Gasteiger partial charge >= 0.3 is 0 Å². The molecule has 1 aromatic carbocycles. The van der Waals surface area contributed by atoms with Crippen LogP contribution < -0.4 is 0 Å². The van der Waals surface area contributed by atoms with Crippen molar-refractivity contribution in [1.82, 2.24) is 14.8 Å². The van der Waals surface area contributed by atoms with Gasteiger partial charge in [0.25, 0.3) is 5.91 Å². The Kier molecular flexibility index (Phi) is 5.97. The lowest BCUT2D eigenvalue weighted by Gasteiger charge is -2.36. The summed E-state index contributed by atoms with van der Waals surface area (Å²) in [6.07, 6.45) is 1.78. The molecule has 0 unspecified atom stereocenters. The number of hydrogen-bond donors (Lipinski definition) is 0. The number of carbonyl (C=O) groups excluding carboxylic acids is 1. The van der Waals surface area contributed by atoms with E-state index in [-0.39, 0.29) is 11.9 Å². The first-order valence-corrected chi connectivity index (χ1v) is 9.86. The third-order valence-electron chi connectivity index (χ3n) is 5.47. The van der Waals surface area contributed by atoms with Gasteiger partial charge in [0, 0.05) is 50.8 Å². The van der Waals surface area contributed by atoms with Crippen LogP contribution in [0.4, 0.5) is 0 Å². The van der Waals surface area contributed by atoms with E-state index in [1.165, 1.54) is 0 Å².